The quantitative estimate of drug-likeness (QED) is 0.777. The van der Waals surface area contributed by atoms with E-state index in [0.29, 0.717) is 12.3 Å². The number of carbonyl (C=O) groups excluding carboxylic acids is 2. The Hall–Kier alpha value is -2.51. The molecule has 1 saturated heterocycles. The molecule has 3 heterocycles. The van der Waals surface area contributed by atoms with Gasteiger partial charge >= 0.3 is 5.97 Å². The second kappa shape index (κ2) is 7.39. The normalized spacial score (nSPS) is 18.8. The van der Waals surface area contributed by atoms with E-state index in [0.717, 1.165) is 37.1 Å². The molecular formula is C18H25N5O3. The van der Waals surface area contributed by atoms with Gasteiger partial charge in [0.1, 0.15) is 0 Å². The van der Waals surface area contributed by atoms with E-state index in [9.17, 15) is 9.59 Å². The van der Waals surface area contributed by atoms with E-state index < -0.39 is 12.1 Å². The fourth-order valence-electron chi connectivity index (χ4n) is 3.47. The third-order valence-corrected chi connectivity index (χ3v) is 4.81. The van der Waals surface area contributed by atoms with Gasteiger partial charge in [0.25, 0.3) is 17.5 Å². The molecule has 2 unspecified atom stereocenters. The summed E-state index contributed by atoms with van der Waals surface area (Å²) in [5, 5.41) is 4.15. The van der Waals surface area contributed by atoms with Gasteiger partial charge in [0, 0.05) is 24.0 Å². The Balaban J connectivity index is 1.72. The molecule has 8 heteroatoms. The number of ether oxygens (including phenoxy) is 1. The SMILES string of the molecule is CCC1CCCCN1C(=O)C(C)OC(=O)c1nc2nc(C)cc(C)n2n1. The molecule has 1 aliphatic rings. The lowest BCUT2D eigenvalue weighted by Crippen LogP contribution is -2.48. The van der Waals surface area contributed by atoms with Crippen LogP contribution in [-0.2, 0) is 9.53 Å². The van der Waals surface area contributed by atoms with Crippen molar-refractivity contribution in [3.63, 3.8) is 0 Å². The van der Waals surface area contributed by atoms with Gasteiger partial charge in [-0.2, -0.15) is 4.98 Å². The van der Waals surface area contributed by atoms with Crippen LogP contribution in [-0.4, -0.2) is 55.0 Å². The number of carbonyl (C=O) groups is 2. The van der Waals surface area contributed by atoms with Crippen molar-refractivity contribution in [1.82, 2.24) is 24.5 Å². The van der Waals surface area contributed by atoms with Gasteiger partial charge in [-0.15, -0.1) is 5.10 Å². The van der Waals surface area contributed by atoms with Crippen molar-refractivity contribution in [2.75, 3.05) is 6.54 Å². The molecule has 0 spiro atoms. The van der Waals surface area contributed by atoms with Gasteiger partial charge in [0.15, 0.2) is 6.10 Å². The number of likely N-dealkylation sites (tertiary alicyclic amines) is 1. The Bertz CT molecular complexity index is 832. The highest BCUT2D eigenvalue weighted by atomic mass is 16.5. The Labute approximate surface area is 152 Å². The summed E-state index contributed by atoms with van der Waals surface area (Å²) in [5.74, 6) is -0.607. The van der Waals surface area contributed by atoms with E-state index in [1.165, 1.54) is 4.52 Å². The van der Waals surface area contributed by atoms with E-state index in [1.54, 1.807) is 6.92 Å². The van der Waals surface area contributed by atoms with Crippen LogP contribution in [0.3, 0.4) is 0 Å². The molecule has 2 aromatic heterocycles. The highest BCUT2D eigenvalue weighted by molar-refractivity contribution is 5.89. The van der Waals surface area contributed by atoms with Crippen molar-refractivity contribution in [2.24, 2.45) is 0 Å². The summed E-state index contributed by atoms with van der Waals surface area (Å²) in [5.41, 5.74) is 1.61. The second-order valence-corrected chi connectivity index (χ2v) is 6.82. The molecule has 0 bridgehead atoms. The molecule has 0 N–H and O–H groups in total. The van der Waals surface area contributed by atoms with Crippen LogP contribution < -0.4 is 0 Å². The first-order valence-electron chi connectivity index (χ1n) is 9.13. The molecule has 0 aliphatic carbocycles. The van der Waals surface area contributed by atoms with Crippen LogP contribution >= 0.6 is 0 Å². The lowest BCUT2D eigenvalue weighted by molar-refractivity contribution is -0.143. The average Bonchev–Trinajstić information content (AvgIpc) is 3.05. The smallest absolute Gasteiger partial charge is 0.379 e. The number of aromatic nitrogens is 4. The summed E-state index contributed by atoms with van der Waals surface area (Å²) in [6.07, 6.45) is 3.16. The third-order valence-electron chi connectivity index (χ3n) is 4.81. The molecule has 26 heavy (non-hydrogen) atoms. The van der Waals surface area contributed by atoms with Crippen molar-refractivity contribution in [3.8, 4) is 0 Å². The van der Waals surface area contributed by atoms with Gasteiger partial charge in [-0.1, -0.05) is 6.92 Å². The standard InChI is InChI=1S/C18H25N5O3/c1-5-14-8-6-7-9-22(14)16(24)13(4)26-17(25)15-20-18-19-11(2)10-12(3)23(18)21-15/h10,13-14H,5-9H2,1-4H3. The Morgan fingerprint density at radius 2 is 2.08 bits per heavy atom. The topological polar surface area (TPSA) is 89.7 Å². The van der Waals surface area contributed by atoms with E-state index in [2.05, 4.69) is 22.0 Å². The molecule has 3 rings (SSSR count). The highest BCUT2D eigenvalue weighted by Gasteiger charge is 2.31. The zero-order valence-electron chi connectivity index (χ0n) is 15.7. The number of aryl methyl sites for hydroxylation is 2. The summed E-state index contributed by atoms with van der Waals surface area (Å²) in [6.45, 7) is 8.10. The molecule has 2 aromatic rings. The maximum absolute atomic E-state index is 12.7. The number of piperidine rings is 1. The first-order chi connectivity index (χ1) is 12.4. The molecule has 1 amide bonds. The molecule has 0 saturated carbocycles. The zero-order chi connectivity index (χ0) is 18.8. The summed E-state index contributed by atoms with van der Waals surface area (Å²) >= 11 is 0. The van der Waals surface area contributed by atoms with E-state index in [4.69, 9.17) is 4.74 Å². The number of nitrogens with zero attached hydrogens (tertiary/aromatic N) is 5. The van der Waals surface area contributed by atoms with Gasteiger partial charge in [-0.3, -0.25) is 4.79 Å². The van der Waals surface area contributed by atoms with Gasteiger partial charge < -0.3 is 9.64 Å². The molecule has 0 aromatic carbocycles. The van der Waals surface area contributed by atoms with Crippen LogP contribution in [0.1, 0.15) is 61.5 Å². The fraction of sp³-hybridized carbons (Fsp3) is 0.611. The fourth-order valence-corrected chi connectivity index (χ4v) is 3.47. The lowest BCUT2D eigenvalue weighted by Gasteiger charge is -2.36. The number of hydrogen-bond acceptors (Lipinski definition) is 6. The van der Waals surface area contributed by atoms with Crippen LogP contribution in [0.5, 0.6) is 0 Å². The Kier molecular flexibility index (Phi) is 5.20. The van der Waals surface area contributed by atoms with Crippen molar-refractivity contribution in [2.45, 2.75) is 65.5 Å². The van der Waals surface area contributed by atoms with Gasteiger partial charge in [-0.05, 0) is 52.5 Å². The zero-order valence-corrected chi connectivity index (χ0v) is 15.7. The molecule has 2 atom stereocenters. The minimum atomic E-state index is -0.864. The minimum Gasteiger partial charge on any atom is -0.447 e. The van der Waals surface area contributed by atoms with Crippen LogP contribution in [0, 0.1) is 13.8 Å². The number of hydrogen-bond donors (Lipinski definition) is 0. The summed E-state index contributed by atoms with van der Waals surface area (Å²) in [6, 6.07) is 2.07. The van der Waals surface area contributed by atoms with Crippen LogP contribution in [0.2, 0.25) is 0 Å². The van der Waals surface area contributed by atoms with Crippen molar-refractivity contribution in [3.05, 3.63) is 23.3 Å². The van der Waals surface area contributed by atoms with Crippen molar-refractivity contribution >= 4 is 17.7 Å². The number of esters is 1. The third kappa shape index (κ3) is 3.54. The maximum atomic E-state index is 12.7. The predicted molar refractivity (Wildman–Crippen MR) is 94.8 cm³/mol. The van der Waals surface area contributed by atoms with E-state index in [-0.39, 0.29) is 17.8 Å². The molecular weight excluding hydrogens is 334 g/mol. The van der Waals surface area contributed by atoms with Crippen LogP contribution in [0.4, 0.5) is 0 Å². The average molecular weight is 359 g/mol. The molecule has 8 nitrogen and oxygen atoms in total. The van der Waals surface area contributed by atoms with E-state index in [1.807, 2.05) is 24.8 Å². The number of rotatable bonds is 4. The Morgan fingerprint density at radius 3 is 2.81 bits per heavy atom. The monoisotopic (exact) mass is 359 g/mol. The van der Waals surface area contributed by atoms with Gasteiger partial charge in [-0.25, -0.2) is 14.3 Å². The van der Waals surface area contributed by atoms with Crippen LogP contribution in [0.25, 0.3) is 5.78 Å². The number of amides is 1. The summed E-state index contributed by atoms with van der Waals surface area (Å²) in [4.78, 5) is 35.3. The molecule has 1 fully saturated rings. The molecule has 0 radical (unpaired) electrons. The number of fused-ring (bicyclic) bond motifs is 1. The molecule has 140 valence electrons. The first-order valence-corrected chi connectivity index (χ1v) is 9.13. The van der Waals surface area contributed by atoms with Gasteiger partial charge in [0.05, 0.1) is 0 Å². The first kappa shape index (κ1) is 18.3. The lowest BCUT2D eigenvalue weighted by atomic mass is 9.99. The summed E-state index contributed by atoms with van der Waals surface area (Å²) < 4.78 is 6.84. The summed E-state index contributed by atoms with van der Waals surface area (Å²) in [7, 11) is 0. The van der Waals surface area contributed by atoms with Crippen LogP contribution in [0.15, 0.2) is 6.07 Å². The van der Waals surface area contributed by atoms with Gasteiger partial charge in [0.2, 0.25) is 0 Å². The van der Waals surface area contributed by atoms with Crippen molar-refractivity contribution < 1.29 is 14.3 Å². The highest BCUT2D eigenvalue weighted by Crippen LogP contribution is 2.21. The largest absolute Gasteiger partial charge is 0.447 e. The molecule has 1 aliphatic heterocycles. The van der Waals surface area contributed by atoms with Crippen molar-refractivity contribution in [1.29, 1.82) is 0 Å². The van der Waals surface area contributed by atoms with E-state index >= 15 is 0 Å². The second-order valence-electron chi connectivity index (χ2n) is 6.82. The Morgan fingerprint density at radius 1 is 1.31 bits per heavy atom. The minimum absolute atomic E-state index is 0.0865. The maximum Gasteiger partial charge on any atom is 0.379 e. The predicted octanol–water partition coefficient (Wildman–Crippen LogP) is 2.08.